The van der Waals surface area contributed by atoms with E-state index in [9.17, 15) is 4.79 Å². The molecular formula is C16H22O3. The third-order valence-electron chi connectivity index (χ3n) is 3.64. The monoisotopic (exact) mass is 262 g/mol. The van der Waals surface area contributed by atoms with Gasteiger partial charge in [0.15, 0.2) is 6.10 Å². The van der Waals surface area contributed by atoms with Crippen molar-refractivity contribution < 1.29 is 14.3 Å². The van der Waals surface area contributed by atoms with E-state index in [1.54, 1.807) is 0 Å². The fraction of sp³-hybridized carbons (Fsp3) is 0.562. The lowest BCUT2D eigenvalue weighted by Gasteiger charge is -2.10. The lowest BCUT2D eigenvalue weighted by Crippen LogP contribution is -2.21. The van der Waals surface area contributed by atoms with Gasteiger partial charge in [-0.2, -0.15) is 0 Å². The molecule has 0 bridgehead atoms. The first-order valence-electron chi connectivity index (χ1n) is 7.00. The summed E-state index contributed by atoms with van der Waals surface area (Å²) in [7, 11) is 0. The summed E-state index contributed by atoms with van der Waals surface area (Å²) < 4.78 is 11.0. The van der Waals surface area contributed by atoms with E-state index >= 15 is 0 Å². The fourth-order valence-electron chi connectivity index (χ4n) is 2.30. The van der Waals surface area contributed by atoms with Gasteiger partial charge in [0.25, 0.3) is 0 Å². The second-order valence-corrected chi connectivity index (χ2v) is 5.46. The van der Waals surface area contributed by atoms with Gasteiger partial charge in [-0.15, -0.1) is 0 Å². The van der Waals surface area contributed by atoms with Crippen molar-refractivity contribution in [1.82, 2.24) is 0 Å². The van der Waals surface area contributed by atoms with Crippen LogP contribution in [0, 0.1) is 5.92 Å². The van der Waals surface area contributed by atoms with Crippen molar-refractivity contribution in [2.75, 3.05) is 6.61 Å². The van der Waals surface area contributed by atoms with E-state index in [2.05, 4.69) is 13.8 Å². The molecule has 1 aromatic carbocycles. The predicted molar refractivity (Wildman–Crippen MR) is 73.7 cm³/mol. The summed E-state index contributed by atoms with van der Waals surface area (Å²) in [5.41, 5.74) is 0.596. The molecule has 0 aliphatic carbocycles. The number of epoxide rings is 1. The molecule has 2 atom stereocenters. The Labute approximate surface area is 114 Å². The minimum atomic E-state index is -0.462. The van der Waals surface area contributed by atoms with Crippen molar-refractivity contribution in [3.05, 3.63) is 35.9 Å². The molecule has 0 amide bonds. The summed E-state index contributed by atoms with van der Waals surface area (Å²) in [6.07, 6.45) is 1.23. The van der Waals surface area contributed by atoms with Gasteiger partial charge < -0.3 is 9.47 Å². The smallest absolute Gasteiger partial charge is 0.338 e. The van der Waals surface area contributed by atoms with E-state index in [0.29, 0.717) is 12.5 Å². The summed E-state index contributed by atoms with van der Waals surface area (Å²) in [6, 6.07) is 9.91. The number of hydrogen-bond donors (Lipinski definition) is 0. The van der Waals surface area contributed by atoms with E-state index in [4.69, 9.17) is 9.47 Å². The molecule has 0 radical (unpaired) electrons. The highest BCUT2D eigenvalue weighted by atomic mass is 16.7. The Morgan fingerprint density at radius 1 is 1.37 bits per heavy atom. The van der Waals surface area contributed by atoms with E-state index in [1.165, 1.54) is 0 Å². The van der Waals surface area contributed by atoms with Crippen molar-refractivity contribution in [3.8, 4) is 0 Å². The molecular weight excluding hydrogens is 240 g/mol. The first-order valence-corrected chi connectivity index (χ1v) is 7.00. The number of hydrogen-bond acceptors (Lipinski definition) is 3. The Morgan fingerprint density at radius 2 is 2.05 bits per heavy atom. The first-order chi connectivity index (χ1) is 9.10. The van der Waals surface area contributed by atoms with Crippen LogP contribution in [0.4, 0.5) is 0 Å². The van der Waals surface area contributed by atoms with Crippen LogP contribution in [0.3, 0.4) is 0 Å². The van der Waals surface area contributed by atoms with Crippen LogP contribution < -0.4 is 0 Å². The second kappa shape index (κ2) is 5.74. The molecule has 0 aromatic heterocycles. The highest BCUT2D eigenvalue weighted by Crippen LogP contribution is 2.49. The van der Waals surface area contributed by atoms with Gasteiger partial charge in [-0.05, 0) is 24.3 Å². The first kappa shape index (κ1) is 14.1. The Morgan fingerprint density at radius 3 is 2.63 bits per heavy atom. The highest BCUT2D eigenvalue weighted by molar-refractivity contribution is 5.80. The summed E-state index contributed by atoms with van der Waals surface area (Å²) in [4.78, 5) is 12.0. The van der Waals surface area contributed by atoms with Gasteiger partial charge in [-0.3, -0.25) is 0 Å². The number of esters is 1. The maximum absolute atomic E-state index is 12.0. The molecule has 19 heavy (non-hydrogen) atoms. The lowest BCUT2D eigenvalue weighted by molar-refractivity contribution is -0.145. The quantitative estimate of drug-likeness (QED) is 0.583. The molecule has 1 aromatic rings. The van der Waals surface area contributed by atoms with Gasteiger partial charge in [0, 0.05) is 0 Å². The van der Waals surface area contributed by atoms with Crippen molar-refractivity contribution in [2.24, 2.45) is 5.92 Å². The normalized spacial score (nSPS) is 25.4. The molecule has 104 valence electrons. The van der Waals surface area contributed by atoms with Gasteiger partial charge in [-0.1, -0.05) is 51.1 Å². The van der Waals surface area contributed by atoms with Crippen molar-refractivity contribution in [2.45, 2.75) is 45.3 Å². The van der Waals surface area contributed by atoms with Gasteiger partial charge >= 0.3 is 5.97 Å². The van der Waals surface area contributed by atoms with Gasteiger partial charge in [0.2, 0.25) is 0 Å². The SMILES string of the molecule is CC[C@]1(c2ccccc2)O[C@H]1C(=O)OCCC(C)C. The van der Waals surface area contributed by atoms with Crippen LogP contribution in [-0.2, 0) is 19.9 Å². The van der Waals surface area contributed by atoms with E-state index in [0.717, 1.165) is 18.4 Å². The predicted octanol–water partition coefficient (Wildman–Crippen LogP) is 3.28. The fourth-order valence-corrected chi connectivity index (χ4v) is 2.30. The average Bonchev–Trinajstić information content (AvgIpc) is 3.15. The molecule has 1 aliphatic heterocycles. The molecule has 1 heterocycles. The van der Waals surface area contributed by atoms with Gasteiger partial charge in [-0.25, -0.2) is 4.79 Å². The van der Waals surface area contributed by atoms with Crippen molar-refractivity contribution >= 4 is 5.97 Å². The Bertz CT molecular complexity index is 427. The largest absolute Gasteiger partial charge is 0.464 e. The zero-order valence-corrected chi connectivity index (χ0v) is 11.9. The number of carbonyl (C=O) groups is 1. The lowest BCUT2D eigenvalue weighted by atomic mass is 9.93. The molecule has 0 spiro atoms. The van der Waals surface area contributed by atoms with E-state index < -0.39 is 11.7 Å². The molecule has 3 heteroatoms. The van der Waals surface area contributed by atoms with Crippen LogP contribution in [0.25, 0.3) is 0 Å². The molecule has 1 aliphatic rings. The topological polar surface area (TPSA) is 38.8 Å². The number of rotatable bonds is 6. The molecule has 0 unspecified atom stereocenters. The van der Waals surface area contributed by atoms with E-state index in [-0.39, 0.29) is 5.97 Å². The second-order valence-electron chi connectivity index (χ2n) is 5.46. The zero-order chi connectivity index (χ0) is 13.9. The van der Waals surface area contributed by atoms with Crippen molar-refractivity contribution in [1.29, 1.82) is 0 Å². The van der Waals surface area contributed by atoms with Crippen LogP contribution in [-0.4, -0.2) is 18.7 Å². The number of ether oxygens (including phenoxy) is 2. The summed E-state index contributed by atoms with van der Waals surface area (Å²) >= 11 is 0. The van der Waals surface area contributed by atoms with Crippen LogP contribution in [0.1, 0.15) is 39.2 Å². The van der Waals surface area contributed by atoms with Gasteiger partial charge in [0.05, 0.1) is 6.61 Å². The molecule has 1 fully saturated rings. The molecule has 2 rings (SSSR count). The third kappa shape index (κ3) is 2.98. The molecule has 3 nitrogen and oxygen atoms in total. The minimum absolute atomic E-state index is 0.230. The zero-order valence-electron chi connectivity index (χ0n) is 11.9. The average molecular weight is 262 g/mol. The Kier molecular flexibility index (Phi) is 4.25. The maximum atomic E-state index is 12.0. The number of benzene rings is 1. The third-order valence-corrected chi connectivity index (χ3v) is 3.64. The van der Waals surface area contributed by atoms with Crippen molar-refractivity contribution in [3.63, 3.8) is 0 Å². The standard InChI is InChI=1S/C16H22O3/c1-4-16(13-8-6-5-7-9-13)14(19-16)15(17)18-11-10-12(2)3/h5-9,12,14H,4,10-11H2,1-3H3/t14-,16+/m0/s1. The van der Waals surface area contributed by atoms with Gasteiger partial charge in [0.1, 0.15) is 5.60 Å². The summed E-state index contributed by atoms with van der Waals surface area (Å²) in [6.45, 7) is 6.74. The van der Waals surface area contributed by atoms with Crippen LogP contribution in [0.15, 0.2) is 30.3 Å². The van der Waals surface area contributed by atoms with Crippen LogP contribution in [0.5, 0.6) is 0 Å². The molecule has 1 saturated heterocycles. The molecule has 0 saturated carbocycles. The molecule has 0 N–H and O–H groups in total. The minimum Gasteiger partial charge on any atom is -0.464 e. The van der Waals surface area contributed by atoms with E-state index in [1.807, 2.05) is 37.3 Å². The van der Waals surface area contributed by atoms with Crippen LogP contribution >= 0.6 is 0 Å². The summed E-state index contributed by atoms with van der Waals surface area (Å²) in [5.74, 6) is 0.310. The highest BCUT2D eigenvalue weighted by Gasteiger charge is 2.61. The maximum Gasteiger partial charge on any atom is 0.338 e. The number of carbonyl (C=O) groups excluding carboxylic acids is 1. The Balaban J connectivity index is 1.95. The Hall–Kier alpha value is -1.35. The van der Waals surface area contributed by atoms with Crippen LogP contribution in [0.2, 0.25) is 0 Å². The summed E-state index contributed by atoms with van der Waals surface area (Å²) in [5, 5.41) is 0.